The number of aliphatic hydroxyl groups is 1. The van der Waals surface area contributed by atoms with Gasteiger partial charge < -0.3 is 5.11 Å². The number of sulfonamides is 1. The monoisotopic (exact) mass is 329 g/mol. The summed E-state index contributed by atoms with van der Waals surface area (Å²) >= 11 is 1.44. The van der Waals surface area contributed by atoms with Crippen LogP contribution in [0.25, 0.3) is 0 Å². The van der Waals surface area contributed by atoms with E-state index in [0.717, 1.165) is 4.88 Å². The summed E-state index contributed by atoms with van der Waals surface area (Å²) in [5.74, 6) is -0.952. The predicted molar refractivity (Wildman–Crippen MR) is 80.8 cm³/mol. The van der Waals surface area contributed by atoms with Crippen LogP contribution in [0.4, 0.5) is 4.39 Å². The molecule has 1 heterocycles. The largest absolute Gasteiger partial charge is 0.395 e. The Morgan fingerprint density at radius 2 is 1.95 bits per heavy atom. The molecule has 114 valence electrons. The summed E-state index contributed by atoms with van der Waals surface area (Å²) in [6.45, 7) is -0.0917. The van der Waals surface area contributed by atoms with Gasteiger partial charge in [0, 0.05) is 23.5 Å². The Morgan fingerprint density at radius 1 is 1.19 bits per heavy atom. The standard InChI is InChI=1S/C14H16FNO3S2/c15-14-6-2-1-4-12(14)11-21(18,19)16(7-8-17)10-13-5-3-9-20-13/h1-6,9,17H,7-8,10-11H2. The molecule has 1 aromatic carbocycles. The molecule has 0 fully saturated rings. The molecule has 0 atom stereocenters. The van der Waals surface area contributed by atoms with E-state index in [4.69, 9.17) is 5.11 Å². The van der Waals surface area contributed by atoms with Crippen molar-refractivity contribution in [1.82, 2.24) is 4.31 Å². The van der Waals surface area contributed by atoms with Crippen LogP contribution in [0.5, 0.6) is 0 Å². The van der Waals surface area contributed by atoms with Crippen LogP contribution in [-0.4, -0.2) is 31.0 Å². The van der Waals surface area contributed by atoms with Crippen LogP contribution in [0, 0.1) is 5.82 Å². The lowest BCUT2D eigenvalue weighted by Crippen LogP contribution is -2.34. The third kappa shape index (κ3) is 4.34. The van der Waals surface area contributed by atoms with E-state index in [-0.39, 0.29) is 25.3 Å². The minimum absolute atomic E-state index is 0.00527. The first-order valence-corrected chi connectivity index (χ1v) is 8.86. The molecule has 2 rings (SSSR count). The van der Waals surface area contributed by atoms with Gasteiger partial charge in [0.05, 0.1) is 12.4 Å². The van der Waals surface area contributed by atoms with Crippen LogP contribution in [0.1, 0.15) is 10.4 Å². The maximum atomic E-state index is 13.6. The van der Waals surface area contributed by atoms with Gasteiger partial charge in [0.25, 0.3) is 0 Å². The molecule has 0 spiro atoms. The van der Waals surface area contributed by atoms with Crippen LogP contribution in [0.3, 0.4) is 0 Å². The lowest BCUT2D eigenvalue weighted by molar-refractivity contribution is 0.251. The molecule has 0 saturated heterocycles. The molecule has 7 heteroatoms. The average molecular weight is 329 g/mol. The minimum Gasteiger partial charge on any atom is -0.395 e. The molecular formula is C14H16FNO3S2. The topological polar surface area (TPSA) is 57.6 Å². The van der Waals surface area contributed by atoms with Crippen LogP contribution in [0.15, 0.2) is 41.8 Å². The van der Waals surface area contributed by atoms with Gasteiger partial charge in [-0.3, -0.25) is 0 Å². The van der Waals surface area contributed by atoms with Gasteiger partial charge in [-0.25, -0.2) is 12.8 Å². The van der Waals surface area contributed by atoms with E-state index in [1.807, 2.05) is 17.5 Å². The lowest BCUT2D eigenvalue weighted by atomic mass is 10.2. The molecular weight excluding hydrogens is 313 g/mol. The van der Waals surface area contributed by atoms with E-state index < -0.39 is 21.6 Å². The summed E-state index contributed by atoms with van der Waals surface area (Å²) in [6.07, 6.45) is 0. The minimum atomic E-state index is -3.70. The molecule has 0 amide bonds. The Morgan fingerprint density at radius 3 is 2.57 bits per heavy atom. The number of benzene rings is 1. The summed E-state index contributed by atoms with van der Waals surface area (Å²) in [7, 11) is -3.70. The second-order valence-electron chi connectivity index (χ2n) is 4.48. The van der Waals surface area contributed by atoms with Gasteiger partial charge in [-0.15, -0.1) is 11.3 Å². The highest BCUT2D eigenvalue weighted by Crippen LogP contribution is 2.18. The predicted octanol–water partition coefficient (Wildman–Crippen LogP) is 2.21. The number of hydrogen-bond acceptors (Lipinski definition) is 4. The number of nitrogens with zero attached hydrogens (tertiary/aromatic N) is 1. The van der Waals surface area contributed by atoms with Crippen molar-refractivity contribution < 1.29 is 17.9 Å². The van der Waals surface area contributed by atoms with E-state index in [9.17, 15) is 12.8 Å². The summed E-state index contributed by atoms with van der Waals surface area (Å²) in [6, 6.07) is 9.47. The fourth-order valence-corrected chi connectivity index (χ4v) is 4.21. The highest BCUT2D eigenvalue weighted by Gasteiger charge is 2.23. The van der Waals surface area contributed by atoms with Crippen molar-refractivity contribution in [2.24, 2.45) is 0 Å². The Labute approximate surface area is 127 Å². The van der Waals surface area contributed by atoms with E-state index in [2.05, 4.69) is 0 Å². The quantitative estimate of drug-likeness (QED) is 0.847. The third-order valence-corrected chi connectivity index (χ3v) is 5.59. The van der Waals surface area contributed by atoms with Gasteiger partial charge in [0.2, 0.25) is 10.0 Å². The highest BCUT2D eigenvalue weighted by atomic mass is 32.2. The van der Waals surface area contributed by atoms with Crippen molar-refractivity contribution in [3.05, 3.63) is 58.0 Å². The van der Waals surface area contributed by atoms with Crippen molar-refractivity contribution in [3.8, 4) is 0 Å². The van der Waals surface area contributed by atoms with Gasteiger partial charge in [-0.05, 0) is 17.5 Å². The van der Waals surface area contributed by atoms with Crippen molar-refractivity contribution >= 4 is 21.4 Å². The summed E-state index contributed by atoms with van der Waals surface area (Å²) in [5, 5.41) is 10.9. The Bertz CT molecular complexity index is 671. The fourth-order valence-electron chi connectivity index (χ4n) is 1.91. The molecule has 4 nitrogen and oxygen atoms in total. The number of rotatable bonds is 7. The number of thiophene rings is 1. The molecule has 21 heavy (non-hydrogen) atoms. The summed E-state index contributed by atoms with van der Waals surface area (Å²) in [5.41, 5.74) is 0.131. The molecule has 1 N–H and O–H groups in total. The van der Waals surface area contributed by atoms with Gasteiger partial charge >= 0.3 is 0 Å². The third-order valence-electron chi connectivity index (χ3n) is 2.95. The summed E-state index contributed by atoms with van der Waals surface area (Å²) < 4.78 is 39.6. The molecule has 0 unspecified atom stereocenters. The normalized spacial score (nSPS) is 12.0. The molecule has 0 bridgehead atoms. The lowest BCUT2D eigenvalue weighted by Gasteiger charge is -2.20. The zero-order valence-corrected chi connectivity index (χ0v) is 12.9. The zero-order valence-electron chi connectivity index (χ0n) is 11.3. The van der Waals surface area contributed by atoms with E-state index in [0.29, 0.717) is 0 Å². The van der Waals surface area contributed by atoms with E-state index in [1.54, 1.807) is 6.07 Å². The average Bonchev–Trinajstić information content (AvgIpc) is 2.94. The Balaban J connectivity index is 2.19. The maximum absolute atomic E-state index is 13.6. The number of aliphatic hydroxyl groups excluding tert-OH is 1. The van der Waals surface area contributed by atoms with Crippen LogP contribution < -0.4 is 0 Å². The Hall–Kier alpha value is -1.28. The van der Waals surface area contributed by atoms with E-state index in [1.165, 1.54) is 33.8 Å². The van der Waals surface area contributed by atoms with Gasteiger partial charge in [0.1, 0.15) is 5.82 Å². The van der Waals surface area contributed by atoms with Crippen molar-refractivity contribution in [2.75, 3.05) is 13.2 Å². The first-order valence-electron chi connectivity index (χ1n) is 6.37. The second kappa shape index (κ2) is 7.13. The van der Waals surface area contributed by atoms with Crippen molar-refractivity contribution in [1.29, 1.82) is 0 Å². The molecule has 0 saturated carbocycles. The first-order chi connectivity index (χ1) is 10.0. The molecule has 0 aliphatic rings. The smallest absolute Gasteiger partial charge is 0.218 e. The molecule has 0 aliphatic carbocycles. The van der Waals surface area contributed by atoms with Crippen LogP contribution in [-0.2, 0) is 22.3 Å². The maximum Gasteiger partial charge on any atom is 0.218 e. The van der Waals surface area contributed by atoms with Crippen molar-refractivity contribution in [2.45, 2.75) is 12.3 Å². The van der Waals surface area contributed by atoms with Gasteiger partial charge in [0.15, 0.2) is 0 Å². The highest BCUT2D eigenvalue weighted by molar-refractivity contribution is 7.88. The van der Waals surface area contributed by atoms with E-state index >= 15 is 0 Å². The first kappa shape index (κ1) is 16.1. The summed E-state index contributed by atoms with van der Waals surface area (Å²) in [4.78, 5) is 0.876. The van der Waals surface area contributed by atoms with Gasteiger partial charge in [-0.2, -0.15) is 4.31 Å². The fraction of sp³-hybridized carbons (Fsp3) is 0.286. The van der Waals surface area contributed by atoms with Crippen LogP contribution in [0.2, 0.25) is 0 Å². The number of hydrogen-bond donors (Lipinski definition) is 1. The zero-order chi connectivity index (χ0) is 15.3. The SMILES string of the molecule is O=S(=O)(Cc1ccccc1F)N(CCO)Cc1cccs1. The van der Waals surface area contributed by atoms with Gasteiger partial charge in [-0.1, -0.05) is 24.3 Å². The Kier molecular flexibility index (Phi) is 5.46. The molecule has 2 aromatic rings. The number of halogens is 1. The molecule has 0 aliphatic heterocycles. The van der Waals surface area contributed by atoms with Crippen molar-refractivity contribution in [3.63, 3.8) is 0 Å². The van der Waals surface area contributed by atoms with Crippen LogP contribution >= 0.6 is 11.3 Å². The molecule has 0 radical (unpaired) electrons. The second-order valence-corrected chi connectivity index (χ2v) is 7.49. The molecule has 1 aromatic heterocycles.